The van der Waals surface area contributed by atoms with Crippen LogP contribution in [0.25, 0.3) is 132 Å². The Labute approximate surface area is 448 Å². The first-order valence-corrected chi connectivity index (χ1v) is 26.0. The molecule has 80 heavy (non-hydrogen) atoms. The molecule has 5 heterocycles. The maximum atomic E-state index is 14.4. The van der Waals surface area contributed by atoms with Gasteiger partial charge in [0.05, 0.1) is 0 Å². The van der Waals surface area contributed by atoms with Gasteiger partial charge in [0.1, 0.15) is 34.5 Å². The van der Waals surface area contributed by atoms with E-state index in [-0.39, 0.29) is 57.2 Å². The second-order valence-corrected chi connectivity index (χ2v) is 21.1. The molecule has 0 unspecified atom stereocenters. The largest absolute Gasteiger partial charge is 0.507 e. The summed E-state index contributed by atoms with van der Waals surface area (Å²) in [6.07, 6.45) is 7.79. The lowest BCUT2D eigenvalue weighted by Gasteiger charge is -2.17. The van der Waals surface area contributed by atoms with Gasteiger partial charge in [0.2, 0.25) is 0 Å². The third-order valence-electron chi connectivity index (χ3n) is 16.9. The number of aromatic nitrogens is 4. The summed E-state index contributed by atoms with van der Waals surface area (Å²) in [6, 6.07) is 43.0. The van der Waals surface area contributed by atoms with E-state index in [1.807, 2.05) is 85.0 Å². The van der Waals surface area contributed by atoms with Crippen molar-refractivity contribution >= 4 is 144 Å². The standard InChI is InChI=1S/C68H38N4O8/c73-61-29-9-1-2-10-30(29)62(74)46-18-38-37(17-45(46)61)53-25-55-39-19-47-48(64(76)32-12-4-3-11-31(32)63(47)75)20-40(39)57(70-55)27-59-43-23-51-52(68(80)36-16-8-7-15-35(36)67(51)79)24-44(43)60(72-59)28-58-42-22-50-49(21-41(42)56(71-58)26-54(38)69-53)65(77)33-13-5-6-14-34(33)66(50)78/h1-28,69-78H. The van der Waals surface area contributed by atoms with E-state index < -0.39 is 0 Å². The second-order valence-electron chi connectivity index (χ2n) is 21.1. The van der Waals surface area contributed by atoms with Crippen LogP contribution < -0.4 is 21.4 Å². The van der Waals surface area contributed by atoms with Crippen LogP contribution in [0.1, 0.15) is 54.6 Å². The van der Waals surface area contributed by atoms with Crippen LogP contribution in [0.4, 0.5) is 0 Å². The number of fused-ring (bicyclic) bond motifs is 28. The molecule has 0 amide bonds. The molecule has 1 aliphatic heterocycles. The number of rotatable bonds is 0. The topological polar surface area (TPSA) is 219 Å². The van der Waals surface area contributed by atoms with Crippen molar-refractivity contribution in [3.8, 4) is 34.5 Å². The molecule has 0 atom stereocenters. The minimum Gasteiger partial charge on any atom is -0.507 e. The summed E-state index contributed by atoms with van der Waals surface area (Å²) in [7, 11) is 0. The van der Waals surface area contributed by atoms with E-state index in [2.05, 4.69) is 19.9 Å². The highest BCUT2D eigenvalue weighted by atomic mass is 16.3. The number of ketones is 2. The molecule has 0 fully saturated rings. The lowest BCUT2D eigenvalue weighted by atomic mass is 9.83. The van der Waals surface area contributed by atoms with E-state index in [4.69, 9.17) is 0 Å². The minimum absolute atomic E-state index is 0.00327. The summed E-state index contributed by atoms with van der Waals surface area (Å²) in [5.74, 6) is -0.513. The Balaban J connectivity index is 1.06. The highest BCUT2D eigenvalue weighted by Gasteiger charge is 2.31. The highest BCUT2D eigenvalue weighted by Crippen LogP contribution is 2.47. The molecule has 0 saturated carbocycles. The average Bonchev–Trinajstić information content (AvgIpc) is 4.26. The third-order valence-corrected chi connectivity index (χ3v) is 16.9. The Morgan fingerprint density at radius 1 is 0.225 bits per heavy atom. The molecule has 4 aromatic heterocycles. The molecule has 12 nitrogen and oxygen atoms in total. The van der Waals surface area contributed by atoms with Gasteiger partial charge < -0.3 is 50.6 Å². The van der Waals surface area contributed by atoms with Crippen molar-refractivity contribution in [3.63, 3.8) is 0 Å². The fraction of sp³-hybridized carbons (Fsp3) is 0. The van der Waals surface area contributed by atoms with Crippen LogP contribution in [0.2, 0.25) is 0 Å². The average molecular weight is 1040 g/mol. The van der Waals surface area contributed by atoms with Crippen molar-refractivity contribution < 1.29 is 40.2 Å². The lowest BCUT2D eigenvalue weighted by molar-refractivity contribution is 0.0979. The number of aromatic hydroxyl groups is 6. The van der Waals surface area contributed by atoms with Crippen molar-refractivity contribution in [2.75, 3.05) is 0 Å². The lowest BCUT2D eigenvalue weighted by Crippen LogP contribution is -2.21. The number of phenols is 6. The summed E-state index contributed by atoms with van der Waals surface area (Å²) in [5, 5.41) is 85.1. The van der Waals surface area contributed by atoms with E-state index in [1.165, 1.54) is 0 Å². The number of phenolic OH excluding ortho intramolecular Hbond substituents is 6. The zero-order valence-corrected chi connectivity index (χ0v) is 41.7. The molecule has 11 aromatic carbocycles. The van der Waals surface area contributed by atoms with Gasteiger partial charge in [-0.2, -0.15) is 0 Å². The van der Waals surface area contributed by atoms with Gasteiger partial charge in [-0.15, -0.1) is 0 Å². The van der Waals surface area contributed by atoms with Crippen LogP contribution in [0, 0.1) is 0 Å². The van der Waals surface area contributed by atoms with Gasteiger partial charge in [0.15, 0.2) is 11.6 Å². The first kappa shape index (κ1) is 43.9. The number of benzene rings is 11. The zero-order valence-electron chi connectivity index (χ0n) is 41.7. The van der Waals surface area contributed by atoms with E-state index in [1.54, 1.807) is 84.9 Å². The molecule has 12 heteroatoms. The molecule has 0 saturated heterocycles. The van der Waals surface area contributed by atoms with Gasteiger partial charge in [-0.3, -0.25) is 9.59 Å². The van der Waals surface area contributed by atoms with E-state index >= 15 is 0 Å². The van der Waals surface area contributed by atoms with Crippen LogP contribution in [0.3, 0.4) is 0 Å². The smallest absolute Gasteiger partial charge is 0.194 e. The van der Waals surface area contributed by atoms with Crippen molar-refractivity contribution in [1.29, 1.82) is 0 Å². The van der Waals surface area contributed by atoms with Crippen LogP contribution in [-0.4, -0.2) is 62.1 Å². The fourth-order valence-corrected chi connectivity index (χ4v) is 13.1. The SMILES string of the molecule is O=C1c2ccccc2C(=O)c2cc3c4[nH]c(c3cc21)=Cc1[nH]c(c2cc3c(O)c5ccccc5c(O)c3cc12)C=c1[nH]c(c2cc3c(O)c5ccccc5c(O)c3cc12)=Cc1[nH]c(c2cc3c(O)c5ccccc5c(O)c3cc12)C=4. The van der Waals surface area contributed by atoms with Crippen molar-refractivity contribution in [3.05, 3.63) is 212 Å². The summed E-state index contributed by atoms with van der Waals surface area (Å²) in [6.45, 7) is 0. The quantitative estimate of drug-likeness (QED) is 0.0519. The Kier molecular flexibility index (Phi) is 8.37. The third kappa shape index (κ3) is 5.71. The molecule has 2 aliphatic rings. The van der Waals surface area contributed by atoms with Gasteiger partial charge >= 0.3 is 0 Å². The minimum atomic E-state index is -0.274. The van der Waals surface area contributed by atoms with Crippen LogP contribution in [0.15, 0.2) is 146 Å². The summed E-state index contributed by atoms with van der Waals surface area (Å²) >= 11 is 0. The predicted molar refractivity (Wildman–Crippen MR) is 314 cm³/mol. The highest BCUT2D eigenvalue weighted by molar-refractivity contribution is 6.30. The van der Waals surface area contributed by atoms with Crippen LogP contribution in [0.5, 0.6) is 34.5 Å². The van der Waals surface area contributed by atoms with E-state index in [9.17, 15) is 40.2 Å². The Bertz CT molecular complexity index is 5450. The van der Waals surface area contributed by atoms with Crippen LogP contribution in [-0.2, 0) is 0 Å². The number of carbonyl (C=O) groups excluding carboxylic acids is 2. The number of aromatic amines is 4. The summed E-state index contributed by atoms with van der Waals surface area (Å²) in [5.41, 5.74) is 3.63. The van der Waals surface area contributed by atoms with Gasteiger partial charge in [-0.25, -0.2) is 0 Å². The summed E-state index contributed by atoms with van der Waals surface area (Å²) in [4.78, 5) is 43.6. The Morgan fingerprint density at radius 2 is 0.450 bits per heavy atom. The first-order chi connectivity index (χ1) is 38.9. The zero-order chi connectivity index (χ0) is 53.7. The summed E-state index contributed by atoms with van der Waals surface area (Å²) < 4.78 is 0. The number of hydrogen-bond acceptors (Lipinski definition) is 8. The Hall–Kier alpha value is -11.2. The maximum absolute atomic E-state index is 14.4. The second kappa shape index (κ2) is 15.2. The van der Waals surface area contributed by atoms with Gasteiger partial charge in [-0.05, 0) is 72.8 Å². The predicted octanol–water partition coefficient (Wildman–Crippen LogP) is 11.2. The molecular formula is C68H38N4O8. The molecule has 378 valence electrons. The van der Waals surface area contributed by atoms with E-state index in [0.29, 0.717) is 163 Å². The van der Waals surface area contributed by atoms with Gasteiger partial charge in [0.25, 0.3) is 0 Å². The number of hydrogen-bond donors (Lipinski definition) is 10. The molecular weight excluding hydrogens is 1000 g/mol. The Morgan fingerprint density at radius 3 is 0.713 bits per heavy atom. The molecule has 0 radical (unpaired) electrons. The van der Waals surface area contributed by atoms with Crippen molar-refractivity contribution in [2.24, 2.45) is 0 Å². The number of nitrogens with one attached hydrogen (secondary N) is 4. The maximum Gasteiger partial charge on any atom is 0.194 e. The fourth-order valence-electron chi connectivity index (χ4n) is 13.1. The molecule has 1 aliphatic carbocycles. The molecule has 17 rings (SSSR count). The molecule has 10 N–H and O–H groups in total. The number of H-pyrrole nitrogens is 4. The van der Waals surface area contributed by atoms with Crippen LogP contribution >= 0.6 is 0 Å². The molecule has 8 bridgehead atoms. The normalized spacial score (nSPS) is 13.2. The van der Waals surface area contributed by atoms with Crippen molar-refractivity contribution in [2.45, 2.75) is 0 Å². The monoisotopic (exact) mass is 1040 g/mol. The molecule has 0 spiro atoms. The van der Waals surface area contributed by atoms with Gasteiger partial charge in [-0.1, -0.05) is 97.1 Å². The number of carbonyl (C=O) groups is 2. The molecule has 15 aromatic rings. The van der Waals surface area contributed by atoms with Gasteiger partial charge in [0, 0.05) is 174 Å². The first-order valence-electron chi connectivity index (χ1n) is 26.0. The van der Waals surface area contributed by atoms with Crippen molar-refractivity contribution in [1.82, 2.24) is 19.9 Å². The van der Waals surface area contributed by atoms with E-state index in [0.717, 1.165) is 0 Å².